The molecule has 0 fully saturated rings. The van der Waals surface area contributed by atoms with E-state index in [1.807, 2.05) is 12.1 Å². The Labute approximate surface area is 136 Å². The topological polar surface area (TPSA) is 37.4 Å². The highest BCUT2D eigenvalue weighted by Gasteiger charge is 2.22. The summed E-state index contributed by atoms with van der Waals surface area (Å²) in [6.45, 7) is 2.79. The number of rotatable bonds is 2. The molecule has 0 aromatic heterocycles. The van der Waals surface area contributed by atoms with Gasteiger partial charge in [0, 0.05) is 26.3 Å². The Morgan fingerprint density at radius 2 is 1.76 bits per heavy atom. The fourth-order valence-corrected chi connectivity index (χ4v) is 4.14. The van der Waals surface area contributed by atoms with Crippen LogP contribution in [0.15, 0.2) is 12.1 Å². The Kier molecular flexibility index (Phi) is 5.84. The zero-order chi connectivity index (χ0) is 13.2. The molecule has 1 aromatic rings. The molecular formula is C11H10BrI2NO2. The third-order valence-electron chi connectivity index (χ3n) is 2.10. The summed E-state index contributed by atoms with van der Waals surface area (Å²) in [6.07, 6.45) is 0. The first-order valence-corrected chi connectivity index (χ1v) is 8.01. The van der Waals surface area contributed by atoms with E-state index in [-0.39, 0.29) is 11.8 Å². The predicted octanol–water partition coefficient (Wildman–Crippen LogP) is 3.69. The number of alkyl halides is 1. The molecule has 0 saturated carbocycles. The van der Waals surface area contributed by atoms with Crippen molar-refractivity contribution in [2.24, 2.45) is 0 Å². The Morgan fingerprint density at radius 3 is 2.18 bits per heavy atom. The van der Waals surface area contributed by atoms with Gasteiger partial charge in [-0.25, -0.2) is 4.90 Å². The van der Waals surface area contributed by atoms with E-state index in [0.29, 0.717) is 11.0 Å². The maximum Gasteiger partial charge on any atom is 0.230 e. The van der Waals surface area contributed by atoms with Crippen molar-refractivity contribution in [1.29, 1.82) is 0 Å². The molecule has 0 aliphatic heterocycles. The molecule has 92 valence electrons. The molecular weight excluding hydrogens is 512 g/mol. The van der Waals surface area contributed by atoms with Crippen molar-refractivity contribution in [2.45, 2.75) is 19.2 Å². The van der Waals surface area contributed by atoms with E-state index in [0.717, 1.165) is 12.7 Å². The predicted molar refractivity (Wildman–Crippen MR) is 88.3 cm³/mol. The molecule has 3 nitrogen and oxygen atoms in total. The standard InChI is InChI=1S/C11H10BrI2NO2/c1-6(16)15(7(2)17)11-8(5-12)3-9(13)4-10(11)14/h3-4H,5H2,1-2H3. The van der Waals surface area contributed by atoms with Crippen molar-refractivity contribution in [3.8, 4) is 0 Å². The van der Waals surface area contributed by atoms with Gasteiger partial charge in [-0.2, -0.15) is 0 Å². The third-order valence-corrected chi connectivity index (χ3v) is 4.15. The van der Waals surface area contributed by atoms with Crippen LogP contribution in [0.5, 0.6) is 0 Å². The van der Waals surface area contributed by atoms with E-state index in [4.69, 9.17) is 0 Å². The van der Waals surface area contributed by atoms with E-state index >= 15 is 0 Å². The van der Waals surface area contributed by atoms with E-state index in [9.17, 15) is 9.59 Å². The molecule has 0 N–H and O–H groups in total. The summed E-state index contributed by atoms with van der Waals surface area (Å²) in [5.74, 6) is -0.530. The molecule has 0 spiro atoms. The molecule has 0 atom stereocenters. The summed E-state index contributed by atoms with van der Waals surface area (Å²) in [4.78, 5) is 24.4. The van der Waals surface area contributed by atoms with Gasteiger partial charge in [0.1, 0.15) is 0 Å². The van der Waals surface area contributed by atoms with Gasteiger partial charge in [0.25, 0.3) is 0 Å². The average Bonchev–Trinajstić information content (AvgIpc) is 2.20. The van der Waals surface area contributed by atoms with Crippen molar-refractivity contribution in [2.75, 3.05) is 4.90 Å². The van der Waals surface area contributed by atoms with Crippen molar-refractivity contribution in [1.82, 2.24) is 0 Å². The van der Waals surface area contributed by atoms with Crippen LogP contribution >= 0.6 is 61.1 Å². The highest BCUT2D eigenvalue weighted by Crippen LogP contribution is 2.31. The number of carbonyl (C=O) groups excluding carboxylic acids is 2. The quantitative estimate of drug-likeness (QED) is 0.440. The zero-order valence-electron chi connectivity index (χ0n) is 9.26. The summed E-state index contributed by atoms with van der Waals surface area (Å²) in [5.41, 5.74) is 1.62. The maximum absolute atomic E-state index is 11.6. The highest BCUT2D eigenvalue weighted by molar-refractivity contribution is 14.1. The first-order valence-electron chi connectivity index (χ1n) is 4.73. The SMILES string of the molecule is CC(=O)N(C(C)=O)c1c(I)cc(I)cc1CBr. The normalized spacial score (nSPS) is 10.2. The van der Waals surface area contributed by atoms with Gasteiger partial charge < -0.3 is 0 Å². The average molecular weight is 522 g/mol. The molecule has 2 amide bonds. The Balaban J connectivity index is 3.47. The highest BCUT2D eigenvalue weighted by atomic mass is 127. The van der Waals surface area contributed by atoms with Gasteiger partial charge in [0.15, 0.2) is 0 Å². The van der Waals surface area contributed by atoms with E-state index in [1.54, 1.807) is 0 Å². The van der Waals surface area contributed by atoms with Crippen LogP contribution in [0.1, 0.15) is 19.4 Å². The lowest BCUT2D eigenvalue weighted by molar-refractivity contribution is -0.124. The van der Waals surface area contributed by atoms with Crippen molar-refractivity contribution in [3.05, 3.63) is 24.8 Å². The molecule has 17 heavy (non-hydrogen) atoms. The van der Waals surface area contributed by atoms with Crippen LogP contribution in [-0.4, -0.2) is 11.8 Å². The number of amides is 2. The monoisotopic (exact) mass is 521 g/mol. The van der Waals surface area contributed by atoms with Crippen molar-refractivity contribution < 1.29 is 9.59 Å². The first-order chi connectivity index (χ1) is 7.88. The minimum absolute atomic E-state index is 0.265. The second kappa shape index (κ2) is 6.46. The third kappa shape index (κ3) is 3.63. The molecule has 1 aromatic carbocycles. The lowest BCUT2D eigenvalue weighted by Crippen LogP contribution is -2.34. The number of hydrogen-bond acceptors (Lipinski definition) is 2. The van der Waals surface area contributed by atoms with Gasteiger partial charge in [-0.15, -0.1) is 0 Å². The van der Waals surface area contributed by atoms with Crippen LogP contribution in [0.25, 0.3) is 0 Å². The zero-order valence-corrected chi connectivity index (χ0v) is 15.2. The van der Waals surface area contributed by atoms with E-state index in [1.165, 1.54) is 18.7 Å². The smallest absolute Gasteiger partial charge is 0.230 e. The van der Waals surface area contributed by atoms with Crippen LogP contribution in [0.2, 0.25) is 0 Å². The van der Waals surface area contributed by atoms with Gasteiger partial charge >= 0.3 is 0 Å². The largest absolute Gasteiger partial charge is 0.274 e. The summed E-state index contributed by atoms with van der Waals surface area (Å²) in [6, 6.07) is 3.91. The van der Waals surface area contributed by atoms with Gasteiger partial charge in [0.2, 0.25) is 11.8 Å². The van der Waals surface area contributed by atoms with Gasteiger partial charge in [-0.05, 0) is 62.9 Å². The van der Waals surface area contributed by atoms with Crippen molar-refractivity contribution >= 4 is 78.6 Å². The molecule has 0 unspecified atom stereocenters. The summed E-state index contributed by atoms with van der Waals surface area (Å²) in [7, 11) is 0. The molecule has 0 saturated heterocycles. The summed E-state index contributed by atoms with van der Waals surface area (Å²) in [5, 5.41) is 0.603. The molecule has 6 heteroatoms. The molecule has 0 bridgehead atoms. The number of imide groups is 1. The van der Waals surface area contributed by atoms with Gasteiger partial charge in [-0.1, -0.05) is 15.9 Å². The summed E-state index contributed by atoms with van der Waals surface area (Å²) >= 11 is 7.75. The number of carbonyl (C=O) groups is 2. The minimum Gasteiger partial charge on any atom is -0.274 e. The number of hydrogen-bond donors (Lipinski definition) is 0. The van der Waals surface area contributed by atoms with Crippen molar-refractivity contribution in [3.63, 3.8) is 0 Å². The van der Waals surface area contributed by atoms with Crippen LogP contribution in [0, 0.1) is 7.14 Å². The second-order valence-electron chi connectivity index (χ2n) is 3.40. The second-order valence-corrected chi connectivity index (χ2v) is 6.37. The molecule has 0 radical (unpaired) electrons. The van der Waals surface area contributed by atoms with Crippen LogP contribution < -0.4 is 4.90 Å². The fourth-order valence-electron chi connectivity index (χ4n) is 1.51. The molecule has 0 aliphatic carbocycles. The summed E-state index contributed by atoms with van der Waals surface area (Å²) < 4.78 is 1.98. The van der Waals surface area contributed by atoms with E-state index in [2.05, 4.69) is 61.1 Å². The van der Waals surface area contributed by atoms with E-state index < -0.39 is 0 Å². The lowest BCUT2D eigenvalue weighted by atomic mass is 10.2. The molecule has 0 aliphatic rings. The Bertz CT molecular complexity index is 463. The maximum atomic E-state index is 11.6. The van der Waals surface area contributed by atoms with Gasteiger partial charge in [-0.3, -0.25) is 9.59 Å². The number of anilines is 1. The number of benzene rings is 1. The van der Waals surface area contributed by atoms with Crippen LogP contribution in [-0.2, 0) is 14.9 Å². The Morgan fingerprint density at radius 1 is 1.24 bits per heavy atom. The lowest BCUT2D eigenvalue weighted by Gasteiger charge is -2.22. The first kappa shape index (κ1) is 15.4. The number of nitrogens with zero attached hydrogens (tertiary/aromatic N) is 1. The van der Waals surface area contributed by atoms with Crippen LogP contribution in [0.4, 0.5) is 5.69 Å². The minimum atomic E-state index is -0.265. The van der Waals surface area contributed by atoms with Crippen LogP contribution in [0.3, 0.4) is 0 Å². The number of halogens is 3. The Hall–Kier alpha value is 0.300. The van der Waals surface area contributed by atoms with Gasteiger partial charge in [0.05, 0.1) is 5.69 Å². The molecule has 1 rings (SSSR count). The fraction of sp³-hybridized carbons (Fsp3) is 0.273. The molecule has 0 heterocycles.